The van der Waals surface area contributed by atoms with Crippen molar-refractivity contribution in [3.8, 4) is 0 Å². The van der Waals surface area contributed by atoms with Crippen molar-refractivity contribution >= 4 is 71.0 Å². The lowest BCUT2D eigenvalue weighted by Crippen LogP contribution is -2.92. The molecule has 3 heterocycles. The molecular formula is C15H26O6S3Si3. The SMILES string of the molecule is CO[Si](OC)(OC)c1ccc([Si]23O[Si](CCCSSCCCS)(O2)O3)cc1. The standard InChI is InChI=1S/C15H26O6S3Si3/c1-16-26(17-2,18-3)14-6-8-15(9-7-14)27-19-25(20-27,21-27)13-5-12-24-23-11-4-10-22/h6-9,22H,4-5,10-13H2,1-3H3. The van der Waals surface area contributed by atoms with Crippen LogP contribution in [0, 0.1) is 0 Å². The molecule has 0 radical (unpaired) electrons. The number of hydrogen-bond donors (Lipinski definition) is 1. The second kappa shape index (κ2) is 9.66. The van der Waals surface area contributed by atoms with Crippen LogP contribution < -0.4 is 10.4 Å². The van der Waals surface area contributed by atoms with Gasteiger partial charge >= 0.3 is 26.4 Å². The molecule has 3 aliphatic rings. The van der Waals surface area contributed by atoms with Gasteiger partial charge in [0.15, 0.2) is 0 Å². The average molecular weight is 483 g/mol. The molecule has 3 aliphatic heterocycles. The molecule has 0 amide bonds. The first-order chi connectivity index (χ1) is 13.1. The van der Waals surface area contributed by atoms with Gasteiger partial charge in [-0.05, 0) is 18.6 Å². The Balaban J connectivity index is 1.45. The van der Waals surface area contributed by atoms with Crippen LogP contribution >= 0.6 is 34.2 Å². The first kappa shape index (κ1) is 22.4. The van der Waals surface area contributed by atoms with Gasteiger partial charge in [-0.1, -0.05) is 45.9 Å². The molecule has 0 N–H and O–H groups in total. The van der Waals surface area contributed by atoms with E-state index < -0.39 is 26.4 Å². The van der Waals surface area contributed by atoms with Crippen LogP contribution in [-0.4, -0.2) is 65.0 Å². The van der Waals surface area contributed by atoms with E-state index in [9.17, 15) is 0 Å². The molecule has 27 heavy (non-hydrogen) atoms. The van der Waals surface area contributed by atoms with Crippen molar-refractivity contribution in [2.75, 3.05) is 38.6 Å². The fourth-order valence-corrected chi connectivity index (χ4v) is 16.5. The highest BCUT2D eigenvalue weighted by molar-refractivity contribution is 8.76. The van der Waals surface area contributed by atoms with E-state index >= 15 is 0 Å². The molecule has 6 nitrogen and oxygen atoms in total. The third-order valence-corrected chi connectivity index (χ3v) is 19.0. The summed E-state index contributed by atoms with van der Waals surface area (Å²) in [6.45, 7) is 0. The van der Waals surface area contributed by atoms with Gasteiger partial charge in [0.05, 0.1) is 0 Å². The Kier molecular flexibility index (Phi) is 8.00. The zero-order valence-corrected chi connectivity index (χ0v) is 21.3. The molecule has 0 spiro atoms. The number of hydrogen-bond acceptors (Lipinski definition) is 9. The summed E-state index contributed by atoms with van der Waals surface area (Å²) in [7, 11) is 0.959. The average Bonchev–Trinajstić information content (AvgIpc) is 2.64. The maximum atomic E-state index is 6.16. The minimum atomic E-state index is -2.81. The Morgan fingerprint density at radius 3 is 2.00 bits per heavy atom. The zero-order valence-electron chi connectivity index (χ0n) is 15.8. The van der Waals surface area contributed by atoms with Crippen molar-refractivity contribution in [2.24, 2.45) is 0 Å². The van der Waals surface area contributed by atoms with Crippen LogP contribution in [0.15, 0.2) is 24.3 Å². The van der Waals surface area contributed by atoms with E-state index in [0.717, 1.165) is 46.5 Å². The predicted octanol–water partition coefficient (Wildman–Crippen LogP) is 2.02. The van der Waals surface area contributed by atoms with E-state index in [1.54, 1.807) is 21.3 Å². The number of rotatable bonds is 13. The Morgan fingerprint density at radius 2 is 1.48 bits per heavy atom. The van der Waals surface area contributed by atoms with Gasteiger partial charge in [0.1, 0.15) is 0 Å². The van der Waals surface area contributed by atoms with Crippen LogP contribution in [-0.2, 0) is 25.6 Å². The third kappa shape index (κ3) is 4.56. The highest BCUT2D eigenvalue weighted by Gasteiger charge is 2.82. The fraction of sp³-hybridized carbons (Fsp3) is 0.600. The molecule has 0 aliphatic carbocycles. The summed E-state index contributed by atoms with van der Waals surface area (Å²) in [6.07, 6.45) is 2.22. The Bertz CT molecular complexity index is 591. The molecule has 3 fully saturated rings. The summed E-state index contributed by atoms with van der Waals surface area (Å²) in [6, 6.07) is 8.77. The van der Waals surface area contributed by atoms with Gasteiger partial charge in [-0.2, -0.15) is 12.6 Å². The number of benzene rings is 1. The fourth-order valence-electron chi connectivity index (χ4n) is 3.04. The maximum Gasteiger partial charge on any atom is 0.536 e. The molecule has 152 valence electrons. The van der Waals surface area contributed by atoms with E-state index in [1.165, 1.54) is 0 Å². The third-order valence-electron chi connectivity index (χ3n) is 4.45. The number of thiol groups is 1. The predicted molar refractivity (Wildman–Crippen MR) is 120 cm³/mol. The molecular weight excluding hydrogens is 457 g/mol. The molecule has 2 bridgehead atoms. The summed E-state index contributed by atoms with van der Waals surface area (Å²) >= 11 is 4.22. The molecule has 4 rings (SSSR count). The summed E-state index contributed by atoms with van der Waals surface area (Å²) < 4.78 is 35.0. The van der Waals surface area contributed by atoms with Gasteiger partial charge in [0.2, 0.25) is 0 Å². The zero-order chi connectivity index (χ0) is 19.4. The van der Waals surface area contributed by atoms with Gasteiger partial charge in [0.25, 0.3) is 0 Å². The van der Waals surface area contributed by atoms with Gasteiger partial charge < -0.3 is 25.6 Å². The van der Waals surface area contributed by atoms with Gasteiger partial charge in [-0.15, -0.1) is 0 Å². The summed E-state index contributed by atoms with van der Waals surface area (Å²) in [5.74, 6) is 3.22. The molecule has 1 aromatic carbocycles. The van der Waals surface area contributed by atoms with E-state index in [4.69, 9.17) is 25.6 Å². The molecule has 0 saturated carbocycles. The quantitative estimate of drug-likeness (QED) is 0.198. The highest BCUT2D eigenvalue weighted by Crippen LogP contribution is 2.49. The van der Waals surface area contributed by atoms with Crippen LogP contribution in [0.1, 0.15) is 12.8 Å². The molecule has 0 aromatic heterocycles. The minimum absolute atomic E-state index is 0.902. The van der Waals surface area contributed by atoms with Crippen molar-refractivity contribution in [2.45, 2.75) is 18.9 Å². The van der Waals surface area contributed by atoms with Crippen LogP contribution in [0.4, 0.5) is 0 Å². The normalized spacial score (nSPS) is 26.5. The summed E-state index contributed by atoms with van der Waals surface area (Å²) in [5.41, 5.74) is 0. The second-order valence-corrected chi connectivity index (χ2v) is 18.2. The van der Waals surface area contributed by atoms with E-state index in [2.05, 4.69) is 12.6 Å². The maximum absolute atomic E-state index is 6.16. The van der Waals surface area contributed by atoms with Crippen molar-refractivity contribution in [3.63, 3.8) is 0 Å². The Labute approximate surface area is 177 Å². The van der Waals surface area contributed by atoms with Crippen LogP contribution in [0.2, 0.25) is 6.04 Å². The van der Waals surface area contributed by atoms with Crippen molar-refractivity contribution in [3.05, 3.63) is 24.3 Å². The summed E-state index contributed by atoms with van der Waals surface area (Å²) in [5, 5.41) is 1.89. The van der Waals surface area contributed by atoms with Crippen molar-refractivity contribution in [1.82, 2.24) is 0 Å². The van der Waals surface area contributed by atoms with Crippen LogP contribution in [0.25, 0.3) is 0 Å². The molecule has 1 aromatic rings. The molecule has 3 saturated heterocycles. The molecule has 0 atom stereocenters. The topological polar surface area (TPSA) is 55.4 Å². The van der Waals surface area contributed by atoms with Gasteiger partial charge in [-0.3, -0.25) is 0 Å². The molecule has 12 heteroatoms. The minimum Gasteiger partial charge on any atom is -0.373 e. The Hall–Kier alpha value is 0.681. The smallest absolute Gasteiger partial charge is 0.373 e. The van der Waals surface area contributed by atoms with E-state index in [-0.39, 0.29) is 0 Å². The first-order valence-corrected chi connectivity index (χ1v) is 17.3. The highest BCUT2D eigenvalue weighted by atomic mass is 33.1. The lowest BCUT2D eigenvalue weighted by atomic mass is 10.4. The van der Waals surface area contributed by atoms with Crippen molar-refractivity contribution < 1.29 is 25.6 Å². The second-order valence-electron chi connectivity index (χ2n) is 6.12. The summed E-state index contributed by atoms with van der Waals surface area (Å²) in [4.78, 5) is 0. The van der Waals surface area contributed by atoms with Crippen LogP contribution in [0.3, 0.4) is 0 Å². The largest absolute Gasteiger partial charge is 0.536 e. The lowest BCUT2D eigenvalue weighted by molar-refractivity contribution is -0.0207. The molecule has 0 unspecified atom stereocenters. The van der Waals surface area contributed by atoms with Crippen LogP contribution in [0.5, 0.6) is 0 Å². The van der Waals surface area contributed by atoms with E-state index in [0.29, 0.717) is 0 Å². The van der Waals surface area contributed by atoms with E-state index in [1.807, 2.05) is 45.9 Å². The Morgan fingerprint density at radius 1 is 0.926 bits per heavy atom. The van der Waals surface area contributed by atoms with Gasteiger partial charge in [0, 0.05) is 49.3 Å². The lowest BCUT2D eigenvalue weighted by Gasteiger charge is -2.63. The first-order valence-electron chi connectivity index (χ1n) is 8.80. The monoisotopic (exact) mass is 482 g/mol. The van der Waals surface area contributed by atoms with Crippen molar-refractivity contribution in [1.29, 1.82) is 0 Å². The van der Waals surface area contributed by atoms with Gasteiger partial charge in [-0.25, -0.2) is 0 Å².